The fourth-order valence-electron chi connectivity index (χ4n) is 0.676. The molecule has 7 nitrogen and oxygen atoms in total. The maximum absolute atomic E-state index is 11.0. The summed E-state index contributed by atoms with van der Waals surface area (Å²) in [6.07, 6.45) is -1.46. The van der Waals surface area contributed by atoms with E-state index in [2.05, 4.69) is 4.74 Å². The average Bonchev–Trinajstić information content (AvgIpc) is 2.13. The van der Waals surface area contributed by atoms with Crippen molar-refractivity contribution < 1.29 is 24.2 Å². The topological polar surface area (TPSA) is 133 Å². The Labute approximate surface area is 86.4 Å². The van der Waals surface area contributed by atoms with E-state index in [1.165, 1.54) is 0 Å². The fraction of sp³-hybridized carbons (Fsp3) is 0.625. The lowest BCUT2D eigenvalue weighted by atomic mass is 10.1. The molecule has 7 heteroatoms. The number of carbonyl (C=O) groups excluding carboxylic acids is 3. The van der Waals surface area contributed by atoms with E-state index in [0.717, 1.165) is 6.92 Å². The van der Waals surface area contributed by atoms with Crippen LogP contribution in [0.15, 0.2) is 0 Å². The van der Waals surface area contributed by atoms with Crippen LogP contribution in [0.25, 0.3) is 0 Å². The Morgan fingerprint density at radius 2 is 1.87 bits per heavy atom. The summed E-state index contributed by atoms with van der Waals surface area (Å²) in [4.78, 5) is 32.2. The van der Waals surface area contributed by atoms with Crippen LogP contribution in [0.2, 0.25) is 0 Å². The molecule has 0 aromatic carbocycles. The molecule has 2 atom stereocenters. The number of aliphatic hydroxyl groups excluding tert-OH is 1. The minimum Gasteiger partial charge on any atom is -0.390 e. The van der Waals surface area contributed by atoms with Crippen LogP contribution in [-0.2, 0) is 19.1 Å². The first-order valence-corrected chi connectivity index (χ1v) is 4.32. The van der Waals surface area contributed by atoms with E-state index >= 15 is 0 Å². The van der Waals surface area contributed by atoms with E-state index < -0.39 is 30.0 Å². The first-order valence-electron chi connectivity index (χ1n) is 4.32. The van der Waals surface area contributed by atoms with Gasteiger partial charge in [0.2, 0.25) is 5.91 Å². The highest BCUT2D eigenvalue weighted by atomic mass is 16.6. The molecule has 0 heterocycles. The summed E-state index contributed by atoms with van der Waals surface area (Å²) in [5, 5.41) is 8.73. The largest absolute Gasteiger partial charge is 0.390 e. The van der Waals surface area contributed by atoms with Crippen molar-refractivity contribution in [2.45, 2.75) is 31.9 Å². The SMILES string of the molecule is CC(O)C(=O)OC(=O)[C@@H](N)CCC(N)=O. The number of esters is 2. The predicted octanol–water partition coefficient (Wildman–Crippen LogP) is -1.97. The summed E-state index contributed by atoms with van der Waals surface area (Å²) >= 11 is 0. The quantitative estimate of drug-likeness (QED) is 0.362. The summed E-state index contributed by atoms with van der Waals surface area (Å²) in [5.74, 6) is -2.66. The highest BCUT2D eigenvalue weighted by Crippen LogP contribution is 1.98. The molecule has 0 aliphatic carbocycles. The molecule has 5 N–H and O–H groups in total. The highest BCUT2D eigenvalue weighted by molar-refractivity contribution is 5.90. The van der Waals surface area contributed by atoms with Crippen LogP contribution in [0, 0.1) is 0 Å². The lowest BCUT2D eigenvalue weighted by molar-refractivity contribution is -0.166. The molecule has 1 amide bonds. The van der Waals surface area contributed by atoms with Gasteiger partial charge in [-0.05, 0) is 13.3 Å². The van der Waals surface area contributed by atoms with Gasteiger partial charge in [0.25, 0.3) is 0 Å². The van der Waals surface area contributed by atoms with Crippen molar-refractivity contribution in [3.63, 3.8) is 0 Å². The molecule has 15 heavy (non-hydrogen) atoms. The first-order chi connectivity index (χ1) is 6.84. The number of nitrogens with two attached hydrogens (primary N) is 2. The Balaban J connectivity index is 3.99. The van der Waals surface area contributed by atoms with Gasteiger partial charge >= 0.3 is 11.9 Å². The van der Waals surface area contributed by atoms with E-state index in [1.54, 1.807) is 0 Å². The number of amides is 1. The molecule has 0 saturated carbocycles. The Bertz CT molecular complexity index is 264. The second-order valence-corrected chi connectivity index (χ2v) is 3.03. The third kappa shape index (κ3) is 5.76. The first kappa shape index (κ1) is 13.5. The summed E-state index contributed by atoms with van der Waals surface area (Å²) in [6.45, 7) is 1.16. The zero-order valence-corrected chi connectivity index (χ0v) is 8.30. The van der Waals surface area contributed by atoms with Gasteiger partial charge in [0.1, 0.15) is 12.1 Å². The second-order valence-electron chi connectivity index (χ2n) is 3.03. The maximum Gasteiger partial charge on any atom is 0.342 e. The molecule has 0 aromatic heterocycles. The number of aliphatic hydroxyl groups is 1. The van der Waals surface area contributed by atoms with E-state index in [-0.39, 0.29) is 12.8 Å². The lowest BCUT2D eigenvalue weighted by Gasteiger charge is -2.09. The molecule has 1 unspecified atom stereocenters. The predicted molar refractivity (Wildman–Crippen MR) is 49.2 cm³/mol. The average molecular weight is 218 g/mol. The number of hydrogen-bond acceptors (Lipinski definition) is 6. The Morgan fingerprint density at radius 1 is 1.33 bits per heavy atom. The van der Waals surface area contributed by atoms with Crippen molar-refractivity contribution >= 4 is 17.8 Å². The van der Waals surface area contributed by atoms with Gasteiger partial charge in [0.05, 0.1) is 0 Å². The number of ether oxygens (including phenoxy) is 1. The van der Waals surface area contributed by atoms with Crippen LogP contribution in [0.4, 0.5) is 0 Å². The molecule has 0 aliphatic rings. The summed E-state index contributed by atoms with van der Waals surface area (Å²) in [6, 6.07) is -1.10. The molecule has 0 rings (SSSR count). The van der Waals surface area contributed by atoms with Gasteiger partial charge in [-0.15, -0.1) is 0 Å². The van der Waals surface area contributed by atoms with Crippen molar-refractivity contribution in [2.75, 3.05) is 0 Å². The van der Waals surface area contributed by atoms with Crippen LogP contribution >= 0.6 is 0 Å². The minimum absolute atomic E-state index is 0.00125. The summed E-state index contributed by atoms with van der Waals surface area (Å²) < 4.78 is 4.20. The van der Waals surface area contributed by atoms with Gasteiger partial charge < -0.3 is 21.3 Å². The number of primary amides is 1. The molecular weight excluding hydrogens is 204 g/mol. The third-order valence-corrected chi connectivity index (χ3v) is 1.55. The van der Waals surface area contributed by atoms with Gasteiger partial charge in [0.15, 0.2) is 0 Å². The molecule has 0 spiro atoms. The molecule has 0 fully saturated rings. The lowest BCUT2D eigenvalue weighted by Crippen LogP contribution is -2.36. The van der Waals surface area contributed by atoms with Crippen molar-refractivity contribution in [1.29, 1.82) is 0 Å². The third-order valence-electron chi connectivity index (χ3n) is 1.55. The molecule has 86 valence electrons. The zero-order valence-electron chi connectivity index (χ0n) is 8.30. The molecule has 0 aliphatic heterocycles. The smallest absolute Gasteiger partial charge is 0.342 e. The molecule has 0 aromatic rings. The van der Waals surface area contributed by atoms with Gasteiger partial charge in [0, 0.05) is 6.42 Å². The summed E-state index contributed by atoms with van der Waals surface area (Å²) in [5.41, 5.74) is 10.1. The van der Waals surface area contributed by atoms with E-state index in [0.29, 0.717) is 0 Å². The van der Waals surface area contributed by atoms with Crippen molar-refractivity contribution in [1.82, 2.24) is 0 Å². The highest BCUT2D eigenvalue weighted by Gasteiger charge is 2.21. The van der Waals surface area contributed by atoms with Gasteiger partial charge in [-0.3, -0.25) is 4.79 Å². The van der Waals surface area contributed by atoms with Gasteiger partial charge in [-0.25, -0.2) is 9.59 Å². The van der Waals surface area contributed by atoms with Crippen LogP contribution in [-0.4, -0.2) is 35.1 Å². The molecule has 0 saturated heterocycles. The van der Waals surface area contributed by atoms with Crippen molar-refractivity contribution in [3.05, 3.63) is 0 Å². The standard InChI is InChI=1S/C8H14N2O5/c1-4(11)7(13)15-8(14)5(9)2-3-6(10)12/h4-5,11H,2-3,9H2,1H3,(H2,10,12)/t4?,5-/m0/s1. The fourth-order valence-corrected chi connectivity index (χ4v) is 0.676. The normalized spacial score (nSPS) is 14.1. The Kier molecular flexibility index (Phi) is 5.50. The summed E-state index contributed by atoms with van der Waals surface area (Å²) in [7, 11) is 0. The van der Waals surface area contributed by atoms with Crippen LogP contribution in [0.5, 0.6) is 0 Å². The van der Waals surface area contributed by atoms with Crippen LogP contribution in [0.1, 0.15) is 19.8 Å². The van der Waals surface area contributed by atoms with Crippen LogP contribution in [0.3, 0.4) is 0 Å². The molecule has 0 radical (unpaired) electrons. The number of carbonyl (C=O) groups is 3. The monoisotopic (exact) mass is 218 g/mol. The van der Waals surface area contributed by atoms with E-state index in [4.69, 9.17) is 16.6 Å². The van der Waals surface area contributed by atoms with Gasteiger partial charge in [-0.1, -0.05) is 0 Å². The van der Waals surface area contributed by atoms with Crippen molar-refractivity contribution in [3.8, 4) is 0 Å². The van der Waals surface area contributed by atoms with E-state index in [9.17, 15) is 14.4 Å². The van der Waals surface area contributed by atoms with Crippen LogP contribution < -0.4 is 11.5 Å². The minimum atomic E-state index is -1.39. The van der Waals surface area contributed by atoms with Gasteiger partial charge in [-0.2, -0.15) is 0 Å². The molecular formula is C8H14N2O5. The van der Waals surface area contributed by atoms with E-state index in [1.807, 2.05) is 0 Å². The number of hydrogen-bond donors (Lipinski definition) is 3. The zero-order chi connectivity index (χ0) is 12.0. The second kappa shape index (κ2) is 6.10. The Hall–Kier alpha value is -1.47. The maximum atomic E-state index is 11.0. The number of rotatable bonds is 5. The van der Waals surface area contributed by atoms with Crippen molar-refractivity contribution in [2.24, 2.45) is 11.5 Å². The molecule has 0 bridgehead atoms. The Morgan fingerprint density at radius 3 is 2.27 bits per heavy atom.